The number of hydrogen-bond acceptors (Lipinski definition) is 6. The summed E-state index contributed by atoms with van der Waals surface area (Å²) in [5.74, 6) is 0.155. The van der Waals surface area contributed by atoms with Crippen molar-refractivity contribution in [1.29, 1.82) is 0 Å². The summed E-state index contributed by atoms with van der Waals surface area (Å²) in [5.41, 5.74) is 2.81. The predicted molar refractivity (Wildman–Crippen MR) is 170 cm³/mol. The number of carbonyl (C=O) groups is 2. The quantitative estimate of drug-likeness (QED) is 0.218. The van der Waals surface area contributed by atoms with E-state index in [1.54, 1.807) is 37.5 Å². The van der Waals surface area contributed by atoms with E-state index in [1.807, 2.05) is 39.2 Å². The van der Waals surface area contributed by atoms with E-state index < -0.39 is 5.67 Å². The van der Waals surface area contributed by atoms with Crippen LogP contribution in [0.3, 0.4) is 0 Å². The van der Waals surface area contributed by atoms with Crippen LogP contribution in [0.1, 0.15) is 42.6 Å². The molecule has 4 aromatic rings. The Morgan fingerprint density at radius 3 is 2.49 bits per heavy atom. The van der Waals surface area contributed by atoms with Gasteiger partial charge in [0.05, 0.1) is 12.7 Å². The van der Waals surface area contributed by atoms with Crippen LogP contribution >= 0.6 is 0 Å². The lowest BCUT2D eigenvalue weighted by Crippen LogP contribution is -2.36. The highest BCUT2D eigenvalue weighted by Crippen LogP contribution is 2.35. The summed E-state index contributed by atoms with van der Waals surface area (Å²) in [6.07, 6.45) is 5.36. The number of piperidine rings is 1. The van der Waals surface area contributed by atoms with Crippen molar-refractivity contribution in [3.05, 3.63) is 84.2 Å². The predicted octanol–water partition coefficient (Wildman–Crippen LogP) is 5.30. The maximum absolute atomic E-state index is 15.3. The Balaban J connectivity index is 0.000000996. The van der Waals surface area contributed by atoms with Crippen molar-refractivity contribution >= 4 is 40.4 Å². The summed E-state index contributed by atoms with van der Waals surface area (Å²) in [5, 5.41) is 9.50. The van der Waals surface area contributed by atoms with Gasteiger partial charge in [0.1, 0.15) is 11.5 Å². The molecule has 1 aliphatic heterocycles. The molecule has 0 spiro atoms. The molecule has 3 heterocycles. The van der Waals surface area contributed by atoms with Crippen molar-refractivity contribution in [2.75, 3.05) is 43.5 Å². The van der Waals surface area contributed by atoms with Crippen molar-refractivity contribution in [1.82, 2.24) is 20.2 Å². The molecule has 10 heteroatoms. The molecule has 1 fully saturated rings. The van der Waals surface area contributed by atoms with E-state index in [9.17, 15) is 4.79 Å². The van der Waals surface area contributed by atoms with Crippen LogP contribution in [0, 0.1) is 0 Å². The van der Waals surface area contributed by atoms with Gasteiger partial charge in [0, 0.05) is 66.9 Å². The van der Waals surface area contributed by atoms with Crippen molar-refractivity contribution in [2.24, 2.45) is 7.05 Å². The van der Waals surface area contributed by atoms with Gasteiger partial charge in [-0.2, -0.15) is 0 Å². The molecule has 0 bridgehead atoms. The minimum atomic E-state index is -1.35. The largest absolute Gasteiger partial charge is 0.377 e. The standard InChI is InChI=1S/C31H36FN5O2.C2H5NO/c1-22(2)39-19-18-37(26-8-9-28-24(20-26)11-17-36(28)3)27-10-14-34-29(21-27)35-30(38)23-4-6-25(7-5-23)31(32)12-15-33-16-13-31;1-3-2-4/h4-11,14,17,20-22,33H,12-13,15-16,18-19H2,1-3H3,(H,34,35,38);2H,1H3,(H,3,4). The third-order valence-electron chi connectivity index (χ3n) is 7.42. The van der Waals surface area contributed by atoms with Gasteiger partial charge in [0.15, 0.2) is 0 Å². The lowest BCUT2D eigenvalue weighted by atomic mass is 9.86. The maximum atomic E-state index is 15.3. The van der Waals surface area contributed by atoms with Gasteiger partial charge in [-0.1, -0.05) is 12.1 Å². The molecule has 3 N–H and O–H groups in total. The molecule has 0 aliphatic carbocycles. The molecule has 2 amide bonds. The van der Waals surface area contributed by atoms with Gasteiger partial charge in [0.25, 0.3) is 5.91 Å². The second-order valence-electron chi connectivity index (χ2n) is 10.8. The number of aromatic nitrogens is 2. The number of benzene rings is 2. The molecule has 1 saturated heterocycles. The Morgan fingerprint density at radius 1 is 1.12 bits per heavy atom. The van der Waals surface area contributed by atoms with Crippen molar-refractivity contribution in [3.8, 4) is 0 Å². The lowest BCUT2D eigenvalue weighted by Gasteiger charge is -2.30. The topological polar surface area (TPSA) is 101 Å². The summed E-state index contributed by atoms with van der Waals surface area (Å²) >= 11 is 0. The van der Waals surface area contributed by atoms with Crippen molar-refractivity contribution in [3.63, 3.8) is 0 Å². The van der Waals surface area contributed by atoms with Gasteiger partial charge in [-0.3, -0.25) is 9.59 Å². The number of rotatable bonds is 10. The molecule has 2 aromatic heterocycles. The Hall–Kier alpha value is -4.28. The first kappa shape index (κ1) is 31.7. The van der Waals surface area contributed by atoms with Crippen LogP contribution in [0.25, 0.3) is 10.9 Å². The van der Waals surface area contributed by atoms with E-state index in [4.69, 9.17) is 9.53 Å². The fraction of sp³-hybridized carbons (Fsp3) is 0.364. The van der Waals surface area contributed by atoms with Gasteiger partial charge in [-0.25, -0.2) is 9.37 Å². The maximum Gasteiger partial charge on any atom is 0.256 e. The number of anilines is 3. The zero-order valence-electron chi connectivity index (χ0n) is 25.3. The minimum absolute atomic E-state index is 0.129. The van der Waals surface area contributed by atoms with E-state index in [-0.39, 0.29) is 12.0 Å². The van der Waals surface area contributed by atoms with Crippen molar-refractivity contribution < 1.29 is 18.7 Å². The third kappa shape index (κ3) is 8.18. The molecule has 0 unspecified atom stereocenters. The Kier molecular flexibility index (Phi) is 10.9. The van der Waals surface area contributed by atoms with E-state index in [2.05, 4.69) is 54.7 Å². The fourth-order valence-electron chi connectivity index (χ4n) is 5.10. The number of hydrogen-bond donors (Lipinski definition) is 3. The van der Waals surface area contributed by atoms with E-state index >= 15 is 4.39 Å². The number of carbonyl (C=O) groups excluding carboxylic acids is 2. The summed E-state index contributed by atoms with van der Waals surface area (Å²) in [6, 6.07) is 19.1. The van der Waals surface area contributed by atoms with Crippen LogP contribution in [-0.2, 0) is 22.2 Å². The van der Waals surface area contributed by atoms with Gasteiger partial charge >= 0.3 is 0 Å². The molecule has 0 radical (unpaired) electrons. The SMILES string of the molecule is CC(C)OCCN(c1ccnc(NC(=O)c2ccc(C3(F)CCNCC3)cc2)c1)c1ccc2c(ccn2C)c1.CNC=O. The summed E-state index contributed by atoms with van der Waals surface area (Å²) in [4.78, 5) is 28.7. The number of ether oxygens (including phenoxy) is 1. The van der Waals surface area contributed by atoms with E-state index in [0.717, 1.165) is 22.3 Å². The average molecular weight is 589 g/mol. The van der Waals surface area contributed by atoms with E-state index in [1.165, 1.54) is 0 Å². The highest BCUT2D eigenvalue weighted by atomic mass is 19.1. The number of nitrogens with one attached hydrogen (secondary N) is 3. The number of amides is 2. The first-order chi connectivity index (χ1) is 20.7. The second-order valence-corrected chi connectivity index (χ2v) is 10.8. The van der Waals surface area contributed by atoms with Crippen LogP contribution in [0.2, 0.25) is 0 Å². The first-order valence-corrected chi connectivity index (χ1v) is 14.6. The average Bonchev–Trinajstić information content (AvgIpc) is 3.39. The van der Waals surface area contributed by atoms with Crippen molar-refractivity contribution in [2.45, 2.75) is 38.5 Å². The minimum Gasteiger partial charge on any atom is -0.377 e. The van der Waals surface area contributed by atoms with Crippen LogP contribution in [0.15, 0.2) is 73.1 Å². The number of alkyl halides is 1. The van der Waals surface area contributed by atoms with Gasteiger partial charge in [-0.15, -0.1) is 0 Å². The number of fused-ring (bicyclic) bond motifs is 1. The summed E-state index contributed by atoms with van der Waals surface area (Å²) in [6.45, 7) is 6.53. The molecule has 43 heavy (non-hydrogen) atoms. The zero-order valence-corrected chi connectivity index (χ0v) is 25.3. The van der Waals surface area contributed by atoms with Crippen LogP contribution in [-0.4, -0.2) is 61.3 Å². The Morgan fingerprint density at radius 2 is 1.81 bits per heavy atom. The highest BCUT2D eigenvalue weighted by Gasteiger charge is 2.33. The molecular formula is C33H41FN6O3. The number of nitrogens with zero attached hydrogens (tertiary/aromatic N) is 3. The van der Waals surface area contributed by atoms with Crippen LogP contribution < -0.4 is 20.9 Å². The smallest absolute Gasteiger partial charge is 0.256 e. The zero-order chi connectivity index (χ0) is 30.8. The lowest BCUT2D eigenvalue weighted by molar-refractivity contribution is -0.109. The molecule has 1 aliphatic rings. The highest BCUT2D eigenvalue weighted by molar-refractivity contribution is 6.04. The van der Waals surface area contributed by atoms with Gasteiger partial charge in [-0.05, 0) is 87.8 Å². The summed E-state index contributed by atoms with van der Waals surface area (Å²) < 4.78 is 23.3. The number of aryl methyl sites for hydroxylation is 1. The summed E-state index contributed by atoms with van der Waals surface area (Å²) in [7, 11) is 3.59. The molecule has 2 aromatic carbocycles. The second kappa shape index (κ2) is 14.8. The number of halogens is 1. The molecule has 9 nitrogen and oxygen atoms in total. The monoisotopic (exact) mass is 588 g/mol. The molecule has 5 rings (SSSR count). The Labute approximate surface area is 252 Å². The molecule has 0 saturated carbocycles. The van der Waals surface area contributed by atoms with Crippen LogP contribution in [0.5, 0.6) is 0 Å². The molecule has 0 atom stereocenters. The Bertz CT molecular complexity index is 1500. The third-order valence-corrected chi connectivity index (χ3v) is 7.42. The normalized spacial score (nSPS) is 14.1. The molecular weight excluding hydrogens is 547 g/mol. The fourth-order valence-corrected chi connectivity index (χ4v) is 5.10. The molecule has 228 valence electrons. The van der Waals surface area contributed by atoms with Gasteiger partial charge in [0.2, 0.25) is 6.41 Å². The van der Waals surface area contributed by atoms with E-state index in [0.29, 0.717) is 62.4 Å². The first-order valence-electron chi connectivity index (χ1n) is 14.6. The number of pyridine rings is 1. The van der Waals surface area contributed by atoms with Gasteiger partial charge < -0.3 is 30.2 Å². The van der Waals surface area contributed by atoms with Crippen LogP contribution in [0.4, 0.5) is 21.6 Å².